The van der Waals surface area contributed by atoms with Gasteiger partial charge in [0.15, 0.2) is 0 Å². The number of ether oxygens (including phenoxy) is 1. The zero-order valence-corrected chi connectivity index (χ0v) is 16.4. The van der Waals surface area contributed by atoms with Crippen LogP contribution in [0.5, 0.6) is 0 Å². The van der Waals surface area contributed by atoms with Crippen molar-refractivity contribution in [1.29, 1.82) is 0 Å². The molecule has 27 heavy (non-hydrogen) atoms. The largest absolute Gasteiger partial charge is 0.376 e. The van der Waals surface area contributed by atoms with Crippen molar-refractivity contribution in [2.24, 2.45) is 0 Å². The van der Waals surface area contributed by atoms with Gasteiger partial charge in [-0.1, -0.05) is 45.0 Å². The fourth-order valence-corrected chi connectivity index (χ4v) is 3.36. The highest BCUT2D eigenvalue weighted by Gasteiger charge is 2.24. The quantitative estimate of drug-likeness (QED) is 0.747. The normalized spacial score (nSPS) is 17.1. The van der Waals surface area contributed by atoms with Gasteiger partial charge < -0.3 is 9.64 Å². The molecule has 0 aliphatic carbocycles. The van der Waals surface area contributed by atoms with Crippen LogP contribution in [-0.4, -0.2) is 30.1 Å². The summed E-state index contributed by atoms with van der Waals surface area (Å²) in [7, 11) is 0. The molecule has 1 fully saturated rings. The van der Waals surface area contributed by atoms with Crippen LogP contribution in [0.4, 0.5) is 4.39 Å². The van der Waals surface area contributed by atoms with E-state index in [1.54, 1.807) is 12.1 Å². The summed E-state index contributed by atoms with van der Waals surface area (Å²) in [6.45, 7) is 8.22. The van der Waals surface area contributed by atoms with Gasteiger partial charge in [0.1, 0.15) is 5.82 Å². The molecule has 2 aromatic rings. The third kappa shape index (κ3) is 5.16. The van der Waals surface area contributed by atoms with Gasteiger partial charge in [-0.05, 0) is 53.6 Å². The number of carbonyl (C=O) groups excluding carboxylic acids is 1. The smallest absolute Gasteiger partial charge is 0.254 e. The van der Waals surface area contributed by atoms with E-state index >= 15 is 0 Å². The molecule has 1 saturated heterocycles. The molecule has 2 aromatic carbocycles. The number of carbonyl (C=O) groups is 1. The second-order valence-electron chi connectivity index (χ2n) is 8.27. The van der Waals surface area contributed by atoms with E-state index in [2.05, 4.69) is 20.8 Å². The molecule has 4 heteroatoms. The summed E-state index contributed by atoms with van der Waals surface area (Å²) in [4.78, 5) is 15.0. The Kier molecular flexibility index (Phi) is 5.95. The summed E-state index contributed by atoms with van der Waals surface area (Å²) < 4.78 is 18.9. The van der Waals surface area contributed by atoms with Crippen molar-refractivity contribution in [1.82, 2.24) is 4.90 Å². The van der Waals surface area contributed by atoms with E-state index in [1.807, 2.05) is 29.2 Å². The van der Waals surface area contributed by atoms with Crippen LogP contribution in [-0.2, 0) is 16.7 Å². The van der Waals surface area contributed by atoms with E-state index in [9.17, 15) is 9.18 Å². The van der Waals surface area contributed by atoms with E-state index < -0.39 is 0 Å². The Morgan fingerprint density at radius 3 is 2.33 bits per heavy atom. The lowest BCUT2D eigenvalue weighted by molar-refractivity contribution is 0.0507. The molecule has 0 radical (unpaired) electrons. The van der Waals surface area contributed by atoms with Crippen molar-refractivity contribution < 1.29 is 13.9 Å². The van der Waals surface area contributed by atoms with Crippen molar-refractivity contribution >= 4 is 5.91 Å². The van der Waals surface area contributed by atoms with E-state index in [0.717, 1.165) is 25.0 Å². The number of nitrogens with zero attached hydrogens (tertiary/aromatic N) is 1. The maximum atomic E-state index is 13.2. The third-order valence-electron chi connectivity index (χ3n) is 5.02. The van der Waals surface area contributed by atoms with Crippen molar-refractivity contribution in [2.45, 2.75) is 51.7 Å². The molecule has 144 valence electrons. The molecule has 3 nitrogen and oxygen atoms in total. The van der Waals surface area contributed by atoms with Gasteiger partial charge in [-0.25, -0.2) is 4.39 Å². The maximum Gasteiger partial charge on any atom is 0.254 e. The van der Waals surface area contributed by atoms with Gasteiger partial charge >= 0.3 is 0 Å². The molecule has 1 aliphatic rings. The molecule has 0 aromatic heterocycles. The molecule has 0 bridgehead atoms. The molecule has 0 spiro atoms. The van der Waals surface area contributed by atoms with Crippen LogP contribution in [0.15, 0.2) is 48.5 Å². The number of hydrogen-bond acceptors (Lipinski definition) is 2. The Bertz CT molecular complexity index is 756. The second-order valence-corrected chi connectivity index (χ2v) is 8.27. The molecular formula is C23H28FNO2. The molecule has 1 aliphatic heterocycles. The second kappa shape index (κ2) is 8.22. The molecule has 0 saturated carbocycles. The topological polar surface area (TPSA) is 29.5 Å². The SMILES string of the molecule is CC(C)(C)c1ccc(C(=O)N(Cc2ccc(F)cc2)CC2CCCO2)cc1. The van der Waals surface area contributed by atoms with Crippen molar-refractivity contribution in [3.8, 4) is 0 Å². The molecule has 1 amide bonds. The van der Waals surface area contributed by atoms with Crippen LogP contribution >= 0.6 is 0 Å². The lowest BCUT2D eigenvalue weighted by Gasteiger charge is -2.26. The summed E-state index contributed by atoms with van der Waals surface area (Å²) in [6.07, 6.45) is 2.07. The number of halogens is 1. The predicted molar refractivity (Wildman–Crippen MR) is 105 cm³/mol. The van der Waals surface area contributed by atoms with Crippen LogP contribution in [0.3, 0.4) is 0 Å². The van der Waals surface area contributed by atoms with Gasteiger partial charge in [0.25, 0.3) is 5.91 Å². The average molecular weight is 369 g/mol. The lowest BCUT2D eigenvalue weighted by Crippen LogP contribution is -2.37. The molecular weight excluding hydrogens is 341 g/mol. The highest BCUT2D eigenvalue weighted by atomic mass is 19.1. The Morgan fingerprint density at radius 1 is 1.11 bits per heavy atom. The predicted octanol–water partition coefficient (Wildman–Crippen LogP) is 4.94. The van der Waals surface area contributed by atoms with Gasteiger partial charge in [-0.2, -0.15) is 0 Å². The van der Waals surface area contributed by atoms with Crippen LogP contribution in [0.1, 0.15) is 55.1 Å². The highest BCUT2D eigenvalue weighted by molar-refractivity contribution is 5.94. The molecule has 1 unspecified atom stereocenters. The van der Waals surface area contributed by atoms with Crippen LogP contribution in [0.2, 0.25) is 0 Å². The van der Waals surface area contributed by atoms with E-state index in [4.69, 9.17) is 4.74 Å². The van der Waals surface area contributed by atoms with E-state index in [1.165, 1.54) is 17.7 Å². The molecule has 3 rings (SSSR count). The summed E-state index contributed by atoms with van der Waals surface area (Å²) in [5, 5.41) is 0. The van der Waals surface area contributed by atoms with Crippen molar-refractivity contribution in [2.75, 3.05) is 13.2 Å². The Labute approximate surface area is 161 Å². The average Bonchev–Trinajstić information content (AvgIpc) is 3.15. The Balaban J connectivity index is 1.79. The van der Waals surface area contributed by atoms with Gasteiger partial charge in [-0.3, -0.25) is 4.79 Å². The van der Waals surface area contributed by atoms with Crippen molar-refractivity contribution in [3.05, 3.63) is 71.0 Å². The third-order valence-corrected chi connectivity index (χ3v) is 5.02. The van der Waals surface area contributed by atoms with Gasteiger partial charge in [0.2, 0.25) is 0 Å². The molecule has 1 atom stereocenters. The van der Waals surface area contributed by atoms with Gasteiger partial charge in [-0.15, -0.1) is 0 Å². The monoisotopic (exact) mass is 369 g/mol. The Hall–Kier alpha value is -2.20. The summed E-state index contributed by atoms with van der Waals surface area (Å²) >= 11 is 0. The summed E-state index contributed by atoms with van der Waals surface area (Å²) in [5.41, 5.74) is 2.83. The first-order valence-electron chi connectivity index (χ1n) is 9.59. The fourth-order valence-electron chi connectivity index (χ4n) is 3.36. The summed E-state index contributed by atoms with van der Waals surface area (Å²) in [6, 6.07) is 14.2. The maximum absolute atomic E-state index is 13.2. The van der Waals surface area contributed by atoms with Crippen molar-refractivity contribution in [3.63, 3.8) is 0 Å². The lowest BCUT2D eigenvalue weighted by atomic mass is 9.86. The number of rotatable bonds is 5. The molecule has 1 heterocycles. The zero-order valence-electron chi connectivity index (χ0n) is 16.4. The van der Waals surface area contributed by atoms with Gasteiger partial charge in [0.05, 0.1) is 6.10 Å². The first kappa shape index (κ1) is 19.6. The first-order valence-corrected chi connectivity index (χ1v) is 9.59. The minimum Gasteiger partial charge on any atom is -0.376 e. The van der Waals surface area contributed by atoms with Crippen LogP contribution < -0.4 is 0 Å². The highest BCUT2D eigenvalue weighted by Crippen LogP contribution is 2.23. The van der Waals surface area contributed by atoms with E-state index in [0.29, 0.717) is 18.7 Å². The van der Waals surface area contributed by atoms with Crippen LogP contribution in [0, 0.1) is 5.82 Å². The number of hydrogen-bond donors (Lipinski definition) is 0. The van der Waals surface area contributed by atoms with Gasteiger partial charge in [0, 0.05) is 25.3 Å². The summed E-state index contributed by atoms with van der Waals surface area (Å²) in [5.74, 6) is -0.288. The Morgan fingerprint density at radius 2 is 1.78 bits per heavy atom. The van der Waals surface area contributed by atoms with E-state index in [-0.39, 0.29) is 23.2 Å². The minimum absolute atomic E-state index is 0.0183. The fraction of sp³-hybridized carbons (Fsp3) is 0.435. The standard InChI is InChI=1S/C23H28FNO2/c1-23(2,3)19-10-8-18(9-11-19)22(26)25(16-21-5-4-14-27-21)15-17-6-12-20(24)13-7-17/h6-13,21H,4-5,14-16H2,1-3H3. The molecule has 0 N–H and O–H groups in total. The minimum atomic E-state index is -0.270. The number of amides is 1. The first-order chi connectivity index (χ1) is 12.8. The van der Waals surface area contributed by atoms with Crippen LogP contribution in [0.25, 0.3) is 0 Å². The number of benzene rings is 2. The zero-order chi connectivity index (χ0) is 19.4.